The quantitative estimate of drug-likeness (QED) is 0.254. The highest BCUT2D eigenvalue weighted by Gasteiger charge is 2.22. The van der Waals surface area contributed by atoms with Crippen LogP contribution in [-0.2, 0) is 9.59 Å². The van der Waals surface area contributed by atoms with Crippen molar-refractivity contribution in [2.24, 2.45) is 0 Å². The van der Waals surface area contributed by atoms with Crippen LogP contribution in [-0.4, -0.2) is 80.4 Å². The summed E-state index contributed by atoms with van der Waals surface area (Å²) in [4.78, 5) is 52.0. The number of nitrogens with one attached hydrogen (secondary N) is 2. The summed E-state index contributed by atoms with van der Waals surface area (Å²) < 4.78 is 5.65. The Morgan fingerprint density at radius 1 is 1.10 bits per heavy atom. The van der Waals surface area contributed by atoms with Crippen molar-refractivity contribution in [3.63, 3.8) is 0 Å². The molecule has 0 radical (unpaired) electrons. The van der Waals surface area contributed by atoms with Crippen molar-refractivity contribution < 1.29 is 19.1 Å². The number of rotatable bonds is 12. The molecule has 1 aliphatic rings. The first kappa shape index (κ1) is 29.2. The molecule has 0 aliphatic carbocycles. The van der Waals surface area contributed by atoms with Crippen LogP contribution in [0.15, 0.2) is 61.3 Å². The molecular weight excluding hydrogens is 522 g/mol. The fourth-order valence-corrected chi connectivity index (χ4v) is 4.43. The van der Waals surface area contributed by atoms with E-state index in [1.54, 1.807) is 48.4 Å². The van der Waals surface area contributed by atoms with Crippen molar-refractivity contribution in [1.29, 1.82) is 0 Å². The maximum absolute atomic E-state index is 13.2. The van der Waals surface area contributed by atoms with Gasteiger partial charge in [0.25, 0.3) is 0 Å². The number of carbonyl (C=O) groups is 3. The molecule has 0 unspecified atom stereocenters. The summed E-state index contributed by atoms with van der Waals surface area (Å²) in [6.07, 6.45) is 4.07. The van der Waals surface area contributed by atoms with E-state index < -0.39 is 0 Å². The summed E-state index contributed by atoms with van der Waals surface area (Å²) in [5, 5.41) is 5.98. The predicted octanol–water partition coefficient (Wildman–Crippen LogP) is 3.71. The van der Waals surface area contributed by atoms with E-state index in [4.69, 9.17) is 4.74 Å². The number of anilines is 5. The topological polar surface area (TPSA) is 120 Å². The zero-order valence-electron chi connectivity index (χ0n) is 23.8. The summed E-state index contributed by atoms with van der Waals surface area (Å²) in [5.41, 5.74) is 3.22. The Kier molecular flexibility index (Phi) is 9.30. The molecule has 0 saturated carbocycles. The predicted molar refractivity (Wildman–Crippen MR) is 160 cm³/mol. The molecule has 1 fully saturated rings. The first-order chi connectivity index (χ1) is 19.7. The van der Waals surface area contributed by atoms with E-state index in [1.807, 2.05) is 32.1 Å². The molecule has 0 spiro atoms. The van der Waals surface area contributed by atoms with Crippen LogP contribution in [0.5, 0.6) is 5.75 Å². The summed E-state index contributed by atoms with van der Waals surface area (Å²) >= 11 is 0. The Morgan fingerprint density at radius 3 is 2.49 bits per heavy atom. The van der Waals surface area contributed by atoms with Crippen molar-refractivity contribution in [3.05, 3.63) is 72.6 Å². The van der Waals surface area contributed by atoms with Gasteiger partial charge < -0.3 is 30.1 Å². The van der Waals surface area contributed by atoms with Gasteiger partial charge >= 0.3 is 0 Å². The van der Waals surface area contributed by atoms with Crippen LogP contribution in [0.4, 0.5) is 28.7 Å². The molecule has 4 rings (SSSR count). The van der Waals surface area contributed by atoms with E-state index in [0.717, 1.165) is 24.3 Å². The van der Waals surface area contributed by atoms with Gasteiger partial charge in [0.2, 0.25) is 23.5 Å². The number of nitrogens with zero attached hydrogens (tertiary/aromatic N) is 5. The van der Waals surface area contributed by atoms with Gasteiger partial charge in [-0.2, -0.15) is 0 Å². The third-order valence-corrected chi connectivity index (χ3v) is 6.70. The first-order valence-electron chi connectivity index (χ1n) is 13.3. The zero-order chi connectivity index (χ0) is 29.5. The highest BCUT2D eigenvalue weighted by atomic mass is 16.5. The normalized spacial score (nSPS) is 12.8. The standard InChI is InChI=1S/C30H35N7O4/c1-6-27(38)32-23-18-24(26(41-5)19-25(23)36(4)17-16-35(2)3)34-30-31-14-13-22(33-30)29(40)20-9-11-21(12-10-20)37-15-7-8-28(37)39/h6,9-14,18-19H,1,7-8,15-17H2,2-5H3,(H,32,38)(H,31,33,34). The van der Waals surface area contributed by atoms with Crippen LogP contribution in [0.2, 0.25) is 0 Å². The van der Waals surface area contributed by atoms with Gasteiger partial charge in [0, 0.05) is 56.6 Å². The highest BCUT2D eigenvalue weighted by Crippen LogP contribution is 2.38. The zero-order valence-corrected chi connectivity index (χ0v) is 23.8. The number of ketones is 1. The van der Waals surface area contributed by atoms with Crippen LogP contribution >= 0.6 is 0 Å². The molecule has 1 aromatic heterocycles. The van der Waals surface area contributed by atoms with E-state index in [9.17, 15) is 14.4 Å². The van der Waals surface area contributed by atoms with Crippen molar-refractivity contribution in [3.8, 4) is 5.75 Å². The molecular formula is C30H35N7O4. The molecule has 2 heterocycles. The van der Waals surface area contributed by atoms with Gasteiger partial charge in [0.15, 0.2) is 0 Å². The summed E-state index contributed by atoms with van der Waals surface area (Å²) in [7, 11) is 7.47. The van der Waals surface area contributed by atoms with Gasteiger partial charge in [-0.05, 0) is 63.0 Å². The number of likely N-dealkylation sites (N-methyl/N-ethyl adjacent to an activating group) is 2. The molecule has 0 atom stereocenters. The average molecular weight is 558 g/mol. The van der Waals surface area contributed by atoms with E-state index in [2.05, 4.69) is 32.1 Å². The molecule has 11 heteroatoms. The lowest BCUT2D eigenvalue weighted by molar-refractivity contribution is -0.117. The van der Waals surface area contributed by atoms with Crippen LogP contribution in [0.25, 0.3) is 0 Å². The fraction of sp³-hybridized carbons (Fsp3) is 0.300. The maximum atomic E-state index is 13.2. The molecule has 2 N–H and O–H groups in total. The smallest absolute Gasteiger partial charge is 0.247 e. The molecule has 0 bridgehead atoms. The lowest BCUT2D eigenvalue weighted by Gasteiger charge is -2.26. The maximum Gasteiger partial charge on any atom is 0.247 e. The molecule has 214 valence electrons. The van der Waals surface area contributed by atoms with E-state index in [1.165, 1.54) is 12.3 Å². The van der Waals surface area contributed by atoms with Crippen LogP contribution in [0.1, 0.15) is 28.9 Å². The van der Waals surface area contributed by atoms with Gasteiger partial charge in [-0.15, -0.1) is 0 Å². The van der Waals surface area contributed by atoms with Gasteiger partial charge in [0.1, 0.15) is 11.4 Å². The number of methoxy groups -OCH3 is 1. The second-order valence-corrected chi connectivity index (χ2v) is 9.90. The summed E-state index contributed by atoms with van der Waals surface area (Å²) in [5.74, 6) is 0.140. The van der Waals surface area contributed by atoms with Crippen LogP contribution in [0.3, 0.4) is 0 Å². The Balaban J connectivity index is 1.59. The lowest BCUT2D eigenvalue weighted by Crippen LogP contribution is -2.29. The second kappa shape index (κ2) is 13.1. The molecule has 41 heavy (non-hydrogen) atoms. The monoisotopic (exact) mass is 557 g/mol. The van der Waals surface area contributed by atoms with Crippen molar-refractivity contribution in [2.75, 3.05) is 68.3 Å². The minimum Gasteiger partial charge on any atom is -0.494 e. The Labute approximate surface area is 239 Å². The lowest BCUT2D eigenvalue weighted by atomic mass is 10.1. The van der Waals surface area contributed by atoms with Gasteiger partial charge in [0.05, 0.1) is 24.2 Å². The third-order valence-electron chi connectivity index (χ3n) is 6.70. The number of amides is 2. The van der Waals surface area contributed by atoms with E-state index in [-0.39, 0.29) is 29.2 Å². The van der Waals surface area contributed by atoms with Crippen molar-refractivity contribution in [2.45, 2.75) is 12.8 Å². The first-order valence-corrected chi connectivity index (χ1v) is 13.3. The number of hydrogen-bond acceptors (Lipinski definition) is 9. The van der Waals surface area contributed by atoms with Crippen molar-refractivity contribution in [1.82, 2.24) is 14.9 Å². The Bertz CT molecular complexity index is 1440. The highest BCUT2D eigenvalue weighted by molar-refractivity contribution is 6.08. The molecule has 3 aromatic rings. The van der Waals surface area contributed by atoms with Crippen molar-refractivity contribution >= 4 is 46.3 Å². The van der Waals surface area contributed by atoms with E-state index in [0.29, 0.717) is 42.2 Å². The largest absolute Gasteiger partial charge is 0.494 e. The summed E-state index contributed by atoms with van der Waals surface area (Å²) in [6.45, 7) is 5.75. The van der Waals surface area contributed by atoms with Crippen LogP contribution in [0, 0.1) is 0 Å². The minimum absolute atomic E-state index is 0.0893. The number of hydrogen-bond donors (Lipinski definition) is 2. The second-order valence-electron chi connectivity index (χ2n) is 9.90. The minimum atomic E-state index is -0.354. The number of carbonyl (C=O) groups excluding carboxylic acids is 3. The average Bonchev–Trinajstić information content (AvgIpc) is 3.41. The Hall–Kier alpha value is -4.77. The molecule has 2 amide bonds. The number of ether oxygens (including phenoxy) is 1. The third kappa shape index (κ3) is 7.06. The fourth-order valence-electron chi connectivity index (χ4n) is 4.43. The summed E-state index contributed by atoms with van der Waals surface area (Å²) in [6, 6.07) is 12.0. The SMILES string of the molecule is C=CC(=O)Nc1cc(Nc2nccc(C(=O)c3ccc(N4CCCC4=O)cc3)n2)c(OC)cc1N(C)CCN(C)C. The molecule has 11 nitrogen and oxygen atoms in total. The Morgan fingerprint density at radius 2 is 1.85 bits per heavy atom. The van der Waals surface area contributed by atoms with Gasteiger partial charge in [-0.3, -0.25) is 14.4 Å². The number of aromatic nitrogens is 2. The van der Waals surface area contributed by atoms with Gasteiger partial charge in [-0.25, -0.2) is 9.97 Å². The molecule has 1 aliphatic heterocycles. The molecule has 2 aromatic carbocycles. The van der Waals surface area contributed by atoms with E-state index >= 15 is 0 Å². The molecule has 1 saturated heterocycles. The van der Waals surface area contributed by atoms with Gasteiger partial charge in [-0.1, -0.05) is 6.58 Å². The van der Waals surface area contributed by atoms with Crippen LogP contribution < -0.4 is 25.2 Å². The number of benzene rings is 2.